The Kier molecular flexibility index (Phi) is 6.38. The number of nitrogens with zero attached hydrogens (tertiary/aromatic N) is 2. The zero-order valence-electron chi connectivity index (χ0n) is 15.9. The normalized spacial score (nSPS) is 18.3. The van der Waals surface area contributed by atoms with Gasteiger partial charge in [0.05, 0.1) is 18.6 Å². The highest BCUT2D eigenvalue weighted by Crippen LogP contribution is 2.45. The molecule has 0 aromatic heterocycles. The quantitative estimate of drug-likeness (QED) is 0.404. The summed E-state index contributed by atoms with van der Waals surface area (Å²) in [4.78, 5) is 37.9. The molecule has 152 valence electrons. The molecule has 2 aromatic rings. The van der Waals surface area contributed by atoms with Crippen LogP contribution in [-0.2, 0) is 9.53 Å². The first-order valence-electron chi connectivity index (χ1n) is 8.96. The summed E-state index contributed by atoms with van der Waals surface area (Å²) in [6.07, 6.45) is 0. The van der Waals surface area contributed by atoms with Gasteiger partial charge in [0.2, 0.25) is 0 Å². The van der Waals surface area contributed by atoms with E-state index in [1.54, 1.807) is 13.0 Å². The van der Waals surface area contributed by atoms with Crippen molar-refractivity contribution in [2.75, 3.05) is 19.5 Å². The lowest BCUT2D eigenvalue weighted by atomic mass is 10.1. The van der Waals surface area contributed by atoms with E-state index in [0.29, 0.717) is 11.5 Å². The molecule has 1 fully saturated rings. The molecule has 0 aliphatic carbocycles. The number of amides is 1. The molecule has 0 radical (unpaired) electrons. The maximum atomic E-state index is 13.4. The SMILES string of the molecule is CCOC(=O)C1CSC(c2ccccc2OC)N1C(=O)c1cccc([N+](=O)[O-])c1. The number of nitro benzene ring substituents is 1. The molecule has 2 atom stereocenters. The molecule has 1 aliphatic rings. The molecular formula is C20H20N2O6S. The van der Waals surface area contributed by atoms with E-state index in [1.165, 1.54) is 48.0 Å². The fraction of sp³-hybridized carbons (Fsp3) is 0.300. The van der Waals surface area contributed by atoms with Crippen molar-refractivity contribution in [3.8, 4) is 5.75 Å². The van der Waals surface area contributed by atoms with Gasteiger partial charge in [0, 0.05) is 29.0 Å². The van der Waals surface area contributed by atoms with Gasteiger partial charge in [-0.1, -0.05) is 24.3 Å². The smallest absolute Gasteiger partial charge is 0.329 e. The molecule has 0 N–H and O–H groups in total. The molecule has 29 heavy (non-hydrogen) atoms. The minimum atomic E-state index is -0.804. The summed E-state index contributed by atoms with van der Waals surface area (Å²) in [5.41, 5.74) is 0.686. The molecule has 0 bridgehead atoms. The van der Waals surface area contributed by atoms with Crippen LogP contribution in [0.3, 0.4) is 0 Å². The molecule has 1 heterocycles. The predicted molar refractivity (Wildman–Crippen MR) is 108 cm³/mol. The zero-order chi connectivity index (χ0) is 21.0. The standard InChI is InChI=1S/C20H20N2O6S/c1-3-28-20(24)16-12-29-19(15-9-4-5-10-17(15)27-2)21(16)18(23)13-7-6-8-14(11-13)22(25)26/h4-11,16,19H,3,12H2,1-2H3. The van der Waals surface area contributed by atoms with E-state index in [9.17, 15) is 19.7 Å². The van der Waals surface area contributed by atoms with E-state index in [-0.39, 0.29) is 17.9 Å². The third-order valence-electron chi connectivity index (χ3n) is 4.50. The molecular weight excluding hydrogens is 396 g/mol. The van der Waals surface area contributed by atoms with E-state index in [1.807, 2.05) is 18.2 Å². The number of hydrogen-bond donors (Lipinski definition) is 0. The topological polar surface area (TPSA) is 99.0 Å². The molecule has 9 heteroatoms. The van der Waals surface area contributed by atoms with Crippen LogP contribution in [0.2, 0.25) is 0 Å². The summed E-state index contributed by atoms with van der Waals surface area (Å²) in [6.45, 7) is 1.89. The summed E-state index contributed by atoms with van der Waals surface area (Å²) in [5.74, 6) is -0.0439. The number of rotatable bonds is 6. The van der Waals surface area contributed by atoms with Crippen molar-refractivity contribution in [2.24, 2.45) is 0 Å². The minimum absolute atomic E-state index is 0.135. The molecule has 3 rings (SSSR count). The summed E-state index contributed by atoms with van der Waals surface area (Å²) < 4.78 is 10.6. The zero-order valence-corrected chi connectivity index (χ0v) is 16.8. The Balaban J connectivity index is 2.04. The van der Waals surface area contributed by atoms with E-state index < -0.39 is 28.2 Å². The molecule has 1 amide bonds. The van der Waals surface area contributed by atoms with Gasteiger partial charge < -0.3 is 14.4 Å². The maximum Gasteiger partial charge on any atom is 0.329 e. The first kappa shape index (κ1) is 20.7. The fourth-order valence-corrected chi connectivity index (χ4v) is 4.62. The van der Waals surface area contributed by atoms with Gasteiger partial charge in [0.1, 0.15) is 17.2 Å². The molecule has 8 nitrogen and oxygen atoms in total. The Morgan fingerprint density at radius 2 is 2.00 bits per heavy atom. The second kappa shape index (κ2) is 8.95. The van der Waals surface area contributed by atoms with Gasteiger partial charge in [-0.3, -0.25) is 14.9 Å². The van der Waals surface area contributed by atoms with Gasteiger partial charge >= 0.3 is 5.97 Å². The maximum absolute atomic E-state index is 13.4. The number of nitro groups is 1. The van der Waals surface area contributed by atoms with Gasteiger partial charge in [-0.2, -0.15) is 0 Å². The molecule has 2 aromatic carbocycles. The second-order valence-corrected chi connectivity index (χ2v) is 7.33. The average molecular weight is 416 g/mol. The second-order valence-electron chi connectivity index (χ2n) is 6.22. The van der Waals surface area contributed by atoms with Crippen molar-refractivity contribution in [2.45, 2.75) is 18.3 Å². The van der Waals surface area contributed by atoms with Crippen LogP contribution < -0.4 is 4.74 Å². The molecule has 1 saturated heterocycles. The average Bonchev–Trinajstić information content (AvgIpc) is 3.18. The number of carbonyl (C=O) groups excluding carboxylic acids is 2. The van der Waals surface area contributed by atoms with Crippen molar-refractivity contribution >= 4 is 29.3 Å². The summed E-state index contributed by atoms with van der Waals surface area (Å²) in [6, 6.07) is 11.9. The number of para-hydroxylation sites is 1. The monoisotopic (exact) mass is 416 g/mol. The lowest BCUT2D eigenvalue weighted by molar-refractivity contribution is -0.384. The molecule has 2 unspecified atom stereocenters. The Morgan fingerprint density at radius 1 is 1.24 bits per heavy atom. The van der Waals surface area contributed by atoms with Crippen LogP contribution in [-0.4, -0.2) is 47.2 Å². The van der Waals surface area contributed by atoms with Crippen molar-refractivity contribution in [1.82, 2.24) is 4.90 Å². The van der Waals surface area contributed by atoms with E-state index in [4.69, 9.17) is 9.47 Å². The van der Waals surface area contributed by atoms with E-state index in [0.717, 1.165) is 5.56 Å². The highest BCUT2D eigenvalue weighted by atomic mass is 32.2. The van der Waals surface area contributed by atoms with Crippen LogP contribution in [0.1, 0.15) is 28.2 Å². The van der Waals surface area contributed by atoms with Gasteiger partial charge in [-0.05, 0) is 19.1 Å². The highest BCUT2D eigenvalue weighted by Gasteiger charge is 2.44. The van der Waals surface area contributed by atoms with Crippen LogP contribution >= 0.6 is 11.8 Å². The number of benzene rings is 2. The number of non-ortho nitro benzene ring substituents is 1. The summed E-state index contributed by atoms with van der Waals surface area (Å²) in [7, 11) is 1.54. The lowest BCUT2D eigenvalue weighted by Crippen LogP contribution is -2.44. The van der Waals surface area contributed by atoms with Gasteiger partial charge in [0.25, 0.3) is 11.6 Å². The van der Waals surface area contributed by atoms with Gasteiger partial charge in [-0.25, -0.2) is 4.79 Å². The number of methoxy groups -OCH3 is 1. The highest BCUT2D eigenvalue weighted by molar-refractivity contribution is 7.99. The van der Waals surface area contributed by atoms with Crippen LogP contribution in [0, 0.1) is 10.1 Å². The van der Waals surface area contributed by atoms with Crippen LogP contribution in [0.15, 0.2) is 48.5 Å². The largest absolute Gasteiger partial charge is 0.496 e. The van der Waals surface area contributed by atoms with Crippen LogP contribution in [0.5, 0.6) is 5.75 Å². The van der Waals surface area contributed by atoms with Crippen molar-refractivity contribution in [3.05, 3.63) is 69.8 Å². The number of carbonyl (C=O) groups is 2. The Bertz CT molecular complexity index is 935. The first-order valence-corrected chi connectivity index (χ1v) is 10.0. The predicted octanol–water partition coefficient (Wildman–Crippen LogP) is 3.42. The van der Waals surface area contributed by atoms with Crippen molar-refractivity contribution in [1.29, 1.82) is 0 Å². The fourth-order valence-electron chi connectivity index (χ4n) is 3.19. The number of ether oxygens (including phenoxy) is 2. The Labute approximate surface area is 171 Å². The Hall–Kier alpha value is -3.07. The number of esters is 1. The summed E-state index contributed by atoms with van der Waals surface area (Å²) in [5, 5.41) is 10.6. The molecule has 1 aliphatic heterocycles. The van der Waals surface area contributed by atoms with E-state index in [2.05, 4.69) is 0 Å². The van der Waals surface area contributed by atoms with Crippen LogP contribution in [0.25, 0.3) is 0 Å². The minimum Gasteiger partial charge on any atom is -0.496 e. The first-order chi connectivity index (χ1) is 14.0. The third-order valence-corrected chi connectivity index (χ3v) is 5.81. The Morgan fingerprint density at radius 3 is 2.69 bits per heavy atom. The molecule has 0 saturated carbocycles. The van der Waals surface area contributed by atoms with Gasteiger partial charge in [-0.15, -0.1) is 11.8 Å². The third kappa shape index (κ3) is 4.19. The summed E-state index contributed by atoms with van der Waals surface area (Å²) >= 11 is 1.42. The van der Waals surface area contributed by atoms with Crippen molar-refractivity contribution < 1.29 is 24.0 Å². The number of thioether (sulfide) groups is 1. The lowest BCUT2D eigenvalue weighted by Gasteiger charge is -2.29. The van der Waals surface area contributed by atoms with E-state index >= 15 is 0 Å². The van der Waals surface area contributed by atoms with Gasteiger partial charge in [0.15, 0.2) is 0 Å². The van der Waals surface area contributed by atoms with Crippen molar-refractivity contribution in [3.63, 3.8) is 0 Å². The molecule has 0 spiro atoms. The number of hydrogen-bond acceptors (Lipinski definition) is 7. The van der Waals surface area contributed by atoms with Crippen LogP contribution in [0.4, 0.5) is 5.69 Å².